The van der Waals surface area contributed by atoms with Crippen LogP contribution in [-0.4, -0.2) is 69.1 Å². The van der Waals surface area contributed by atoms with Crippen LogP contribution < -0.4 is 14.8 Å². The molecule has 208 valence electrons. The number of halogens is 2. The number of nitrogens with one attached hydrogen (secondary N) is 1. The van der Waals surface area contributed by atoms with Gasteiger partial charge in [-0.2, -0.15) is 4.31 Å². The summed E-state index contributed by atoms with van der Waals surface area (Å²) in [4.78, 5) is 15.6. The van der Waals surface area contributed by atoms with Crippen molar-refractivity contribution >= 4 is 39.1 Å². The molecule has 0 radical (unpaired) electrons. The van der Waals surface area contributed by atoms with E-state index in [0.717, 1.165) is 12.0 Å². The van der Waals surface area contributed by atoms with Crippen molar-refractivity contribution in [3.63, 3.8) is 0 Å². The maximum absolute atomic E-state index is 13.7. The van der Waals surface area contributed by atoms with Gasteiger partial charge in [0.25, 0.3) is 0 Å². The highest BCUT2D eigenvalue weighted by atomic mass is 35.5. The molecule has 2 fully saturated rings. The number of carbonyl (C=O) groups is 1. The second-order valence-corrected chi connectivity index (χ2v) is 12.6. The fourth-order valence-electron chi connectivity index (χ4n) is 5.36. The summed E-state index contributed by atoms with van der Waals surface area (Å²) in [6.45, 7) is 5.16. The third-order valence-electron chi connectivity index (χ3n) is 7.84. The predicted octanol–water partition coefficient (Wildman–Crippen LogP) is 4.58. The van der Waals surface area contributed by atoms with Crippen LogP contribution in [0.15, 0.2) is 41.3 Å². The number of sulfonamides is 1. The Hall–Kier alpha value is -2.04. The quantitative estimate of drug-likeness (QED) is 0.465. The van der Waals surface area contributed by atoms with Gasteiger partial charge in [-0.25, -0.2) is 8.42 Å². The second kappa shape index (κ2) is 11.6. The zero-order valence-electron chi connectivity index (χ0n) is 22.2. The number of piperidine rings is 1. The van der Waals surface area contributed by atoms with Crippen LogP contribution >= 0.6 is 23.2 Å². The minimum Gasteiger partial charge on any atom is -0.493 e. The van der Waals surface area contributed by atoms with Gasteiger partial charge < -0.3 is 14.4 Å². The Labute approximate surface area is 235 Å². The molecule has 4 rings (SSSR count). The van der Waals surface area contributed by atoms with Crippen LogP contribution in [0.4, 0.5) is 0 Å². The van der Waals surface area contributed by atoms with Gasteiger partial charge in [-0.05, 0) is 55.0 Å². The summed E-state index contributed by atoms with van der Waals surface area (Å²) in [7, 11) is -0.645. The highest BCUT2D eigenvalue weighted by Gasteiger charge is 2.53. The van der Waals surface area contributed by atoms with Gasteiger partial charge in [0.05, 0.1) is 36.0 Å². The first kappa shape index (κ1) is 29.0. The molecule has 2 aromatic rings. The Kier molecular flexibility index (Phi) is 8.84. The summed E-state index contributed by atoms with van der Waals surface area (Å²) in [5.41, 5.74) is 0.402. The number of amides is 1. The van der Waals surface area contributed by atoms with E-state index in [2.05, 4.69) is 19.2 Å². The van der Waals surface area contributed by atoms with Crippen LogP contribution in [0.1, 0.15) is 38.7 Å². The lowest BCUT2D eigenvalue weighted by molar-refractivity contribution is -0.133. The summed E-state index contributed by atoms with van der Waals surface area (Å²) >= 11 is 12.3. The maximum Gasteiger partial charge on any atom is 0.244 e. The van der Waals surface area contributed by atoms with Gasteiger partial charge >= 0.3 is 0 Å². The van der Waals surface area contributed by atoms with Gasteiger partial charge in [-0.15, -0.1) is 0 Å². The molecule has 0 bridgehead atoms. The smallest absolute Gasteiger partial charge is 0.244 e. The lowest BCUT2D eigenvalue weighted by Gasteiger charge is -2.44. The Bertz CT molecular complexity index is 1280. The van der Waals surface area contributed by atoms with Gasteiger partial charge in [0.2, 0.25) is 15.9 Å². The maximum atomic E-state index is 13.7. The Morgan fingerprint density at radius 3 is 2.42 bits per heavy atom. The van der Waals surface area contributed by atoms with E-state index in [1.165, 1.54) is 10.4 Å². The van der Waals surface area contributed by atoms with E-state index >= 15 is 0 Å². The largest absolute Gasteiger partial charge is 0.493 e. The number of rotatable bonds is 9. The van der Waals surface area contributed by atoms with Crippen molar-refractivity contribution in [1.82, 2.24) is 14.5 Å². The molecule has 2 saturated heterocycles. The molecular formula is C27H35Cl2N3O5S. The molecule has 0 aliphatic carbocycles. The van der Waals surface area contributed by atoms with Crippen molar-refractivity contribution in [2.24, 2.45) is 5.92 Å². The molecule has 1 amide bonds. The number of nitrogens with zero attached hydrogens (tertiary/aromatic N) is 2. The van der Waals surface area contributed by atoms with Crippen molar-refractivity contribution in [3.05, 3.63) is 52.0 Å². The molecule has 2 atom stereocenters. The molecule has 11 heteroatoms. The molecular weight excluding hydrogens is 549 g/mol. The van der Waals surface area contributed by atoms with E-state index in [1.54, 1.807) is 26.4 Å². The van der Waals surface area contributed by atoms with Crippen LogP contribution in [-0.2, 0) is 21.2 Å². The summed E-state index contributed by atoms with van der Waals surface area (Å²) in [6.07, 6.45) is 2.42. The summed E-state index contributed by atoms with van der Waals surface area (Å²) < 4.78 is 39.0. The first-order valence-electron chi connectivity index (χ1n) is 12.8. The summed E-state index contributed by atoms with van der Waals surface area (Å²) in [6, 6.07) is 10.1. The highest BCUT2D eigenvalue weighted by Crippen LogP contribution is 2.38. The predicted molar refractivity (Wildman–Crippen MR) is 149 cm³/mol. The lowest BCUT2D eigenvalue weighted by atomic mass is 9.96. The molecule has 8 nitrogen and oxygen atoms in total. The number of carbonyl (C=O) groups excluding carboxylic acids is 1. The topological polar surface area (TPSA) is 88.2 Å². The van der Waals surface area contributed by atoms with Crippen LogP contribution in [0.5, 0.6) is 11.5 Å². The first-order valence-corrected chi connectivity index (χ1v) is 15.0. The van der Waals surface area contributed by atoms with Gasteiger partial charge in [-0.1, -0.05) is 55.6 Å². The van der Waals surface area contributed by atoms with E-state index < -0.39 is 15.7 Å². The monoisotopic (exact) mass is 583 g/mol. The number of methoxy groups -OCH3 is 2. The van der Waals surface area contributed by atoms with Crippen molar-refractivity contribution in [2.75, 3.05) is 33.9 Å². The molecule has 2 aliphatic heterocycles. The van der Waals surface area contributed by atoms with Gasteiger partial charge in [0, 0.05) is 19.6 Å². The van der Waals surface area contributed by atoms with E-state index in [9.17, 15) is 13.2 Å². The van der Waals surface area contributed by atoms with Gasteiger partial charge in [-0.3, -0.25) is 10.1 Å². The zero-order chi connectivity index (χ0) is 27.7. The molecule has 0 aromatic heterocycles. The fourth-order valence-corrected chi connectivity index (χ4v) is 7.54. The highest BCUT2D eigenvalue weighted by molar-refractivity contribution is 7.89. The number of hydrogen-bond acceptors (Lipinski definition) is 6. The third-order valence-corrected chi connectivity index (χ3v) is 10.7. The first-order chi connectivity index (χ1) is 18.1. The molecule has 2 unspecified atom stereocenters. The van der Waals surface area contributed by atoms with Crippen molar-refractivity contribution in [1.29, 1.82) is 0 Å². The lowest BCUT2D eigenvalue weighted by Crippen LogP contribution is -2.60. The molecule has 2 heterocycles. The average Bonchev–Trinajstić information content (AvgIpc) is 3.18. The molecule has 38 heavy (non-hydrogen) atoms. The van der Waals surface area contributed by atoms with Gasteiger partial charge in [0.1, 0.15) is 4.90 Å². The number of hydrogen-bond donors (Lipinski definition) is 1. The van der Waals surface area contributed by atoms with Crippen molar-refractivity contribution < 1.29 is 22.7 Å². The summed E-state index contributed by atoms with van der Waals surface area (Å²) in [5, 5.41) is 3.85. The van der Waals surface area contributed by atoms with E-state index in [1.807, 2.05) is 23.1 Å². The van der Waals surface area contributed by atoms with E-state index in [-0.39, 0.29) is 45.9 Å². The van der Waals surface area contributed by atoms with E-state index in [0.29, 0.717) is 37.3 Å². The van der Waals surface area contributed by atoms with Crippen LogP contribution in [0, 0.1) is 5.92 Å². The SMILES string of the molecule is CCC(C)C1NC2(CCN(S(=O)(=O)c3cccc(Cl)c3Cl)CC2)N(CCc2ccc(OC)c(OC)c2)C1=O. The fraction of sp³-hybridized carbons (Fsp3) is 0.519. The number of ether oxygens (including phenoxy) is 2. The molecule has 1 N–H and O–H groups in total. The normalized spacial score (nSPS) is 20.6. The zero-order valence-corrected chi connectivity index (χ0v) is 24.5. The molecule has 2 aliphatic rings. The van der Waals surface area contributed by atoms with Crippen molar-refractivity contribution in [3.8, 4) is 11.5 Å². The minimum absolute atomic E-state index is 0.000801. The Morgan fingerprint density at radius 1 is 1.11 bits per heavy atom. The Balaban J connectivity index is 1.56. The van der Waals surface area contributed by atoms with Crippen LogP contribution in [0.25, 0.3) is 0 Å². The van der Waals surface area contributed by atoms with Crippen LogP contribution in [0.2, 0.25) is 10.0 Å². The van der Waals surface area contributed by atoms with Gasteiger partial charge in [0.15, 0.2) is 11.5 Å². The minimum atomic E-state index is -3.84. The third kappa shape index (κ3) is 5.36. The van der Waals surface area contributed by atoms with Crippen LogP contribution in [0.3, 0.4) is 0 Å². The molecule has 1 spiro atoms. The van der Waals surface area contributed by atoms with Crippen molar-refractivity contribution in [2.45, 2.75) is 56.1 Å². The molecule has 2 aromatic carbocycles. The summed E-state index contributed by atoms with van der Waals surface area (Å²) in [5.74, 6) is 1.50. The molecule has 0 saturated carbocycles. The Morgan fingerprint density at radius 2 is 1.79 bits per heavy atom. The standard InChI is InChI=1S/C27H35Cl2N3O5S/c1-5-18(2)25-26(33)32(14-11-19-9-10-21(36-3)22(17-19)37-4)27(30-25)12-15-31(16-13-27)38(34,35)23-8-6-7-20(28)24(23)29/h6-10,17-18,25,30H,5,11-16H2,1-4H3. The second-order valence-electron chi connectivity index (χ2n) is 9.92. The van der Waals surface area contributed by atoms with E-state index in [4.69, 9.17) is 32.7 Å². The average molecular weight is 585 g/mol. The number of benzene rings is 2.